The summed E-state index contributed by atoms with van der Waals surface area (Å²) in [6, 6.07) is 9.42. The van der Waals surface area contributed by atoms with Gasteiger partial charge in [-0.2, -0.15) is 0 Å². The number of sulfone groups is 1. The number of hydrogen-bond donors (Lipinski definition) is 1. The van der Waals surface area contributed by atoms with E-state index in [4.69, 9.17) is 0 Å². The molecule has 1 aliphatic heterocycles. The molecule has 0 spiro atoms. The number of anilines is 1. The van der Waals surface area contributed by atoms with Gasteiger partial charge in [-0.25, -0.2) is 22.0 Å². The van der Waals surface area contributed by atoms with Crippen molar-refractivity contribution in [3.05, 3.63) is 60.2 Å². The first-order chi connectivity index (χ1) is 11.4. The maximum Gasteiger partial charge on any atom is 0.321 e. The Morgan fingerprint density at radius 2 is 1.46 bits per heavy atom. The summed E-state index contributed by atoms with van der Waals surface area (Å²) in [5.74, 6) is -0.926. The van der Waals surface area contributed by atoms with Gasteiger partial charge in [0.2, 0.25) is 0 Å². The number of amides is 2. The summed E-state index contributed by atoms with van der Waals surface area (Å²) in [7, 11) is -3.60. The van der Waals surface area contributed by atoms with Crippen LogP contribution in [0.2, 0.25) is 0 Å². The highest BCUT2D eigenvalue weighted by molar-refractivity contribution is 7.92. The van der Waals surface area contributed by atoms with Gasteiger partial charge in [-0.15, -0.1) is 0 Å². The van der Waals surface area contributed by atoms with Gasteiger partial charge in [0.1, 0.15) is 16.9 Å². The third-order valence-electron chi connectivity index (χ3n) is 3.81. The molecule has 1 heterocycles. The van der Waals surface area contributed by atoms with Gasteiger partial charge in [0.25, 0.3) is 0 Å². The van der Waals surface area contributed by atoms with Gasteiger partial charge in [0.15, 0.2) is 9.84 Å². The van der Waals surface area contributed by atoms with E-state index in [1.807, 2.05) is 0 Å². The molecule has 3 rings (SSSR count). The molecule has 0 saturated carbocycles. The van der Waals surface area contributed by atoms with Crippen LogP contribution in [0.25, 0.3) is 0 Å². The van der Waals surface area contributed by atoms with Crippen LogP contribution in [0.5, 0.6) is 0 Å². The van der Waals surface area contributed by atoms with Crippen LogP contribution in [0.15, 0.2) is 53.4 Å². The number of hydrogen-bond acceptors (Lipinski definition) is 3. The standard InChI is InChI=1S/C16H14F2N2O3S/c17-11-1-5-13(6-2-11)19-16(21)20-9-15(10-20)24(22,23)14-7-3-12(18)4-8-14/h1-8,15H,9-10H2,(H,19,21). The number of urea groups is 1. The Kier molecular flexibility index (Phi) is 4.23. The molecule has 0 bridgehead atoms. The summed E-state index contributed by atoms with van der Waals surface area (Å²) in [5, 5.41) is 1.85. The second-order valence-corrected chi connectivity index (χ2v) is 7.69. The number of rotatable bonds is 3. The number of halogens is 2. The molecule has 2 aromatic rings. The Labute approximate surface area is 137 Å². The normalized spacial score (nSPS) is 15.0. The predicted molar refractivity (Wildman–Crippen MR) is 84.4 cm³/mol. The van der Waals surface area contributed by atoms with Crippen LogP contribution in [-0.4, -0.2) is 37.7 Å². The summed E-state index contributed by atoms with van der Waals surface area (Å²) in [5.41, 5.74) is 0.422. The maximum absolute atomic E-state index is 12.9. The van der Waals surface area contributed by atoms with E-state index in [-0.39, 0.29) is 18.0 Å². The van der Waals surface area contributed by atoms with Crippen molar-refractivity contribution in [2.75, 3.05) is 18.4 Å². The molecule has 0 unspecified atom stereocenters. The Bertz CT molecular complexity index is 846. The summed E-state index contributed by atoms with van der Waals surface area (Å²) in [4.78, 5) is 13.4. The van der Waals surface area contributed by atoms with E-state index in [1.165, 1.54) is 41.3 Å². The van der Waals surface area contributed by atoms with Crippen LogP contribution >= 0.6 is 0 Å². The van der Waals surface area contributed by atoms with Crippen molar-refractivity contribution in [2.24, 2.45) is 0 Å². The first-order valence-electron chi connectivity index (χ1n) is 7.17. The fraction of sp³-hybridized carbons (Fsp3) is 0.188. The van der Waals surface area contributed by atoms with Crippen molar-refractivity contribution in [1.29, 1.82) is 0 Å². The molecule has 1 fully saturated rings. The zero-order chi connectivity index (χ0) is 17.3. The van der Waals surface area contributed by atoms with E-state index in [0.29, 0.717) is 5.69 Å². The average molecular weight is 352 g/mol. The van der Waals surface area contributed by atoms with Crippen molar-refractivity contribution in [2.45, 2.75) is 10.1 Å². The molecule has 0 atom stereocenters. The zero-order valence-electron chi connectivity index (χ0n) is 12.4. The highest BCUT2D eigenvalue weighted by Gasteiger charge is 2.40. The molecule has 1 saturated heterocycles. The average Bonchev–Trinajstić information content (AvgIpc) is 2.48. The maximum atomic E-state index is 12.9. The third kappa shape index (κ3) is 3.23. The number of benzene rings is 2. The monoisotopic (exact) mass is 352 g/mol. The number of carbonyl (C=O) groups is 1. The number of nitrogens with zero attached hydrogens (tertiary/aromatic N) is 1. The first kappa shape index (κ1) is 16.4. The summed E-state index contributed by atoms with van der Waals surface area (Å²) >= 11 is 0. The van der Waals surface area contributed by atoms with Gasteiger partial charge >= 0.3 is 6.03 Å². The molecule has 1 aliphatic rings. The van der Waals surface area contributed by atoms with E-state index < -0.39 is 32.8 Å². The largest absolute Gasteiger partial charge is 0.322 e. The Hall–Kier alpha value is -2.48. The molecule has 126 valence electrons. The number of likely N-dealkylation sites (tertiary alicyclic amines) is 1. The highest BCUT2D eigenvalue weighted by atomic mass is 32.2. The molecule has 1 N–H and O–H groups in total. The van der Waals surface area contributed by atoms with Crippen LogP contribution in [0.1, 0.15) is 0 Å². The van der Waals surface area contributed by atoms with Crippen molar-refractivity contribution in [1.82, 2.24) is 4.90 Å². The third-order valence-corrected chi connectivity index (χ3v) is 5.92. The molecule has 8 heteroatoms. The van der Waals surface area contributed by atoms with Crippen LogP contribution in [0, 0.1) is 11.6 Å². The minimum atomic E-state index is -3.60. The van der Waals surface area contributed by atoms with Gasteiger partial charge in [-0.05, 0) is 48.5 Å². The quantitative estimate of drug-likeness (QED) is 0.864. The van der Waals surface area contributed by atoms with Gasteiger partial charge in [-0.1, -0.05) is 0 Å². The van der Waals surface area contributed by atoms with Gasteiger partial charge in [-0.3, -0.25) is 0 Å². The lowest BCUT2D eigenvalue weighted by Crippen LogP contribution is -2.58. The molecule has 0 radical (unpaired) electrons. The first-order valence-corrected chi connectivity index (χ1v) is 8.72. The van der Waals surface area contributed by atoms with Crippen molar-refractivity contribution in [3.8, 4) is 0 Å². The second kappa shape index (κ2) is 6.20. The van der Waals surface area contributed by atoms with Crippen LogP contribution in [0.3, 0.4) is 0 Å². The molecular weight excluding hydrogens is 338 g/mol. The number of carbonyl (C=O) groups excluding carboxylic acids is 1. The Morgan fingerprint density at radius 1 is 0.958 bits per heavy atom. The van der Waals surface area contributed by atoms with Gasteiger partial charge in [0.05, 0.1) is 4.90 Å². The van der Waals surface area contributed by atoms with Crippen LogP contribution in [-0.2, 0) is 9.84 Å². The highest BCUT2D eigenvalue weighted by Crippen LogP contribution is 2.24. The predicted octanol–water partition coefficient (Wildman–Crippen LogP) is 2.65. The molecule has 24 heavy (non-hydrogen) atoms. The summed E-state index contributed by atoms with van der Waals surface area (Å²) in [6.45, 7) is 0.0967. The fourth-order valence-electron chi connectivity index (χ4n) is 2.35. The van der Waals surface area contributed by atoms with Gasteiger partial charge in [0, 0.05) is 18.8 Å². The van der Waals surface area contributed by atoms with E-state index in [9.17, 15) is 22.0 Å². The molecular formula is C16H14F2N2O3S. The van der Waals surface area contributed by atoms with E-state index in [1.54, 1.807) is 0 Å². The zero-order valence-corrected chi connectivity index (χ0v) is 13.3. The minimum Gasteiger partial charge on any atom is -0.322 e. The van der Waals surface area contributed by atoms with E-state index in [0.717, 1.165) is 12.1 Å². The summed E-state index contributed by atoms with van der Waals surface area (Å²) < 4.78 is 50.4. The topological polar surface area (TPSA) is 66.5 Å². The summed E-state index contributed by atoms with van der Waals surface area (Å²) in [6.07, 6.45) is 0. The lowest BCUT2D eigenvalue weighted by Gasteiger charge is -2.38. The smallest absolute Gasteiger partial charge is 0.321 e. The van der Waals surface area contributed by atoms with Crippen molar-refractivity contribution in [3.63, 3.8) is 0 Å². The number of nitrogens with one attached hydrogen (secondary N) is 1. The van der Waals surface area contributed by atoms with Crippen LogP contribution < -0.4 is 5.32 Å². The molecule has 5 nitrogen and oxygen atoms in total. The molecule has 2 amide bonds. The molecule has 0 aromatic heterocycles. The Morgan fingerprint density at radius 3 is 2.00 bits per heavy atom. The minimum absolute atomic E-state index is 0.0347. The van der Waals surface area contributed by atoms with Gasteiger partial charge < -0.3 is 10.2 Å². The lowest BCUT2D eigenvalue weighted by molar-refractivity contribution is 0.182. The van der Waals surface area contributed by atoms with E-state index >= 15 is 0 Å². The second-order valence-electron chi connectivity index (χ2n) is 5.46. The lowest BCUT2D eigenvalue weighted by atomic mass is 10.2. The fourth-order valence-corrected chi connectivity index (χ4v) is 4.01. The van der Waals surface area contributed by atoms with Crippen LogP contribution in [0.4, 0.5) is 19.3 Å². The van der Waals surface area contributed by atoms with E-state index in [2.05, 4.69) is 5.32 Å². The Balaban J connectivity index is 1.61. The van der Waals surface area contributed by atoms with Crippen molar-refractivity contribution >= 4 is 21.6 Å². The SMILES string of the molecule is O=C(Nc1ccc(F)cc1)N1CC(S(=O)(=O)c2ccc(F)cc2)C1. The van der Waals surface area contributed by atoms with Crippen molar-refractivity contribution < 1.29 is 22.0 Å². The molecule has 2 aromatic carbocycles. The molecule has 0 aliphatic carbocycles.